The van der Waals surface area contributed by atoms with Crippen molar-refractivity contribution in [1.82, 2.24) is 19.9 Å². The number of hydrogen-bond donors (Lipinski definition) is 2. The molecular weight excluding hydrogens is 725 g/mol. The van der Waals surface area contributed by atoms with Gasteiger partial charge < -0.3 is 14.7 Å². The molecule has 8 bridgehead atoms. The largest absolute Gasteiger partial charge is 0.462 e. The van der Waals surface area contributed by atoms with Gasteiger partial charge in [0.05, 0.1) is 34.9 Å². The summed E-state index contributed by atoms with van der Waals surface area (Å²) in [5.41, 5.74) is 21.0. The van der Waals surface area contributed by atoms with Crippen molar-refractivity contribution >= 4 is 40.2 Å². The molecule has 6 heteroatoms. The summed E-state index contributed by atoms with van der Waals surface area (Å²) in [4.78, 5) is 31.7. The number of hydrogen-bond acceptors (Lipinski definition) is 4. The van der Waals surface area contributed by atoms with Gasteiger partial charge in [0.25, 0.3) is 0 Å². The van der Waals surface area contributed by atoms with E-state index >= 15 is 0 Å². The Morgan fingerprint density at radius 1 is 0.593 bits per heavy atom. The zero-order chi connectivity index (χ0) is 41.0. The Kier molecular flexibility index (Phi) is 9.51. The molecule has 6 nitrogen and oxygen atoms in total. The van der Waals surface area contributed by atoms with Crippen molar-refractivity contribution in [2.45, 2.75) is 60.3 Å². The van der Waals surface area contributed by atoms with Gasteiger partial charge in [0.15, 0.2) is 0 Å². The van der Waals surface area contributed by atoms with Crippen LogP contribution in [-0.4, -0.2) is 32.5 Å². The molecule has 2 aliphatic heterocycles. The zero-order valence-corrected chi connectivity index (χ0v) is 34.7. The van der Waals surface area contributed by atoms with Crippen LogP contribution in [0.25, 0.3) is 78.7 Å². The lowest BCUT2D eigenvalue weighted by molar-refractivity contribution is 0.0526. The second kappa shape index (κ2) is 14.9. The number of rotatable bonds is 6. The van der Waals surface area contributed by atoms with Crippen LogP contribution in [0.2, 0.25) is 0 Å². The molecule has 2 N–H and O–H groups in total. The van der Waals surface area contributed by atoms with Crippen LogP contribution in [0, 0.1) is 27.7 Å². The average Bonchev–Trinajstić information content (AvgIpc) is 4.04. The zero-order valence-electron chi connectivity index (χ0n) is 34.7. The molecule has 3 aromatic heterocycles. The van der Waals surface area contributed by atoms with Gasteiger partial charge in [0.1, 0.15) is 0 Å². The number of nitrogens with zero attached hydrogens (tertiary/aromatic N) is 2. The number of fused-ring (bicyclic) bond motifs is 8. The van der Waals surface area contributed by atoms with Gasteiger partial charge in [0.2, 0.25) is 0 Å². The molecule has 0 fully saturated rings. The van der Waals surface area contributed by atoms with Gasteiger partial charge in [-0.05, 0) is 117 Å². The van der Waals surface area contributed by atoms with Gasteiger partial charge in [-0.3, -0.25) is 4.98 Å². The summed E-state index contributed by atoms with van der Waals surface area (Å²) in [5.74, 6) is -0.334. The maximum atomic E-state index is 12.8. The molecule has 7 aromatic rings. The van der Waals surface area contributed by atoms with E-state index in [1.165, 1.54) is 22.3 Å². The van der Waals surface area contributed by atoms with Crippen LogP contribution in [0.1, 0.15) is 76.2 Å². The maximum absolute atomic E-state index is 12.8. The molecule has 4 aromatic carbocycles. The molecule has 0 radical (unpaired) electrons. The van der Waals surface area contributed by atoms with Crippen LogP contribution in [0.5, 0.6) is 0 Å². The number of benzene rings is 4. The van der Waals surface area contributed by atoms with Gasteiger partial charge in [-0.15, -0.1) is 0 Å². The summed E-state index contributed by atoms with van der Waals surface area (Å²) >= 11 is 0. The van der Waals surface area contributed by atoms with Crippen molar-refractivity contribution in [3.05, 3.63) is 166 Å². The number of aromatic amines is 2. The number of H-pyrrole nitrogens is 2. The van der Waals surface area contributed by atoms with Crippen molar-refractivity contribution < 1.29 is 9.53 Å². The molecule has 0 spiro atoms. The minimum Gasteiger partial charge on any atom is -0.462 e. The van der Waals surface area contributed by atoms with E-state index in [1.54, 1.807) is 0 Å². The molecule has 59 heavy (non-hydrogen) atoms. The van der Waals surface area contributed by atoms with Crippen LogP contribution in [0.15, 0.2) is 115 Å². The highest BCUT2D eigenvalue weighted by atomic mass is 16.5. The van der Waals surface area contributed by atoms with Gasteiger partial charge in [-0.2, -0.15) is 0 Å². The predicted molar refractivity (Wildman–Crippen MR) is 243 cm³/mol. The first kappa shape index (κ1) is 37.8. The average molecular weight is 773 g/mol. The fourth-order valence-electron chi connectivity index (χ4n) is 9.01. The standard InChI is InChI=1S/C53H48N4O2/c1-8-59-52(58)38-20-18-37(19-21-38)48-41-24-27-44(56-41)50(46-33(4)28-32(3)29-34(46)5)43-26-23-40(55-43)47(36-16-14-31(2)15-17-36)39-22-25-42(54-39)49(35-12-10-9-11-13-35)51-53(6,7)30-45(48)57-51/h9-29,54,56H,8,30H2,1-7H3. The maximum Gasteiger partial charge on any atom is 0.338 e. The Morgan fingerprint density at radius 3 is 1.75 bits per heavy atom. The highest BCUT2D eigenvalue weighted by Gasteiger charge is 2.34. The van der Waals surface area contributed by atoms with Gasteiger partial charge in [0, 0.05) is 56.2 Å². The van der Waals surface area contributed by atoms with Crippen molar-refractivity contribution in [2.75, 3.05) is 6.61 Å². The van der Waals surface area contributed by atoms with E-state index in [0.717, 1.165) is 89.4 Å². The molecule has 0 aliphatic carbocycles. The molecule has 292 valence electrons. The topological polar surface area (TPSA) is 83.7 Å². The van der Waals surface area contributed by atoms with Crippen molar-refractivity contribution in [3.63, 3.8) is 0 Å². The van der Waals surface area contributed by atoms with E-state index in [4.69, 9.17) is 14.7 Å². The SMILES string of the molecule is CCOC(=O)c1ccc(-c2c3nc(c(-c4ccccc4)c4ccc([nH]4)c(-c4ccc(C)cc4)c4nc(c(-c5c(C)cc(C)cc5C)c5ccc2[nH]5)C=C4)C(C)(C)C3)cc1. The summed E-state index contributed by atoms with van der Waals surface area (Å²) < 4.78 is 5.35. The van der Waals surface area contributed by atoms with Gasteiger partial charge >= 0.3 is 5.97 Å². The third-order valence-corrected chi connectivity index (χ3v) is 11.6. The summed E-state index contributed by atoms with van der Waals surface area (Å²) in [7, 11) is 0. The molecule has 0 unspecified atom stereocenters. The molecule has 9 rings (SSSR count). The number of aromatic nitrogens is 4. The lowest BCUT2D eigenvalue weighted by Crippen LogP contribution is -2.16. The Bertz CT molecular complexity index is 2960. The van der Waals surface area contributed by atoms with E-state index in [2.05, 4.69) is 155 Å². The normalized spacial score (nSPS) is 13.1. The van der Waals surface area contributed by atoms with Crippen LogP contribution in [0.4, 0.5) is 0 Å². The van der Waals surface area contributed by atoms with Crippen LogP contribution in [0.3, 0.4) is 0 Å². The van der Waals surface area contributed by atoms with E-state index in [1.807, 2.05) is 31.2 Å². The summed E-state index contributed by atoms with van der Waals surface area (Å²) in [6.45, 7) is 15.4. The monoisotopic (exact) mass is 772 g/mol. The summed E-state index contributed by atoms with van der Waals surface area (Å²) in [6.07, 6.45) is 5.02. The number of nitrogens with one attached hydrogen (secondary N) is 2. The number of carbonyl (C=O) groups excluding carboxylic acids is 1. The molecule has 0 amide bonds. The fraction of sp³-hybridized carbons (Fsp3) is 0.189. The quantitative estimate of drug-likeness (QED) is 0.165. The van der Waals surface area contributed by atoms with E-state index in [9.17, 15) is 4.79 Å². The van der Waals surface area contributed by atoms with E-state index in [0.29, 0.717) is 18.6 Å². The van der Waals surface area contributed by atoms with Crippen LogP contribution in [-0.2, 0) is 16.6 Å². The molecule has 0 atom stereocenters. The van der Waals surface area contributed by atoms with E-state index < -0.39 is 0 Å². The minimum atomic E-state index is -0.334. The molecular formula is C53H48N4O2. The molecule has 2 aliphatic rings. The second-order valence-corrected chi connectivity index (χ2v) is 16.6. The number of aryl methyl sites for hydroxylation is 4. The van der Waals surface area contributed by atoms with Gasteiger partial charge in [-0.1, -0.05) is 104 Å². The number of esters is 1. The van der Waals surface area contributed by atoms with Crippen molar-refractivity contribution in [1.29, 1.82) is 0 Å². The van der Waals surface area contributed by atoms with Crippen molar-refractivity contribution in [3.8, 4) is 44.5 Å². The highest BCUT2D eigenvalue weighted by Crippen LogP contribution is 2.44. The lowest BCUT2D eigenvalue weighted by Gasteiger charge is -2.20. The Labute approximate surface area is 345 Å². The van der Waals surface area contributed by atoms with Crippen molar-refractivity contribution in [2.24, 2.45) is 0 Å². The number of ether oxygens (including phenoxy) is 1. The molecule has 0 saturated heterocycles. The fourth-order valence-corrected chi connectivity index (χ4v) is 9.01. The minimum absolute atomic E-state index is 0.320. The first-order chi connectivity index (χ1) is 28.5. The van der Waals surface area contributed by atoms with Gasteiger partial charge in [-0.25, -0.2) is 9.78 Å². The second-order valence-electron chi connectivity index (χ2n) is 16.6. The highest BCUT2D eigenvalue weighted by molar-refractivity contribution is 5.98. The first-order valence-electron chi connectivity index (χ1n) is 20.4. The van der Waals surface area contributed by atoms with Crippen LogP contribution < -0.4 is 0 Å². The third kappa shape index (κ3) is 6.88. The summed E-state index contributed by atoms with van der Waals surface area (Å²) in [6, 6.07) is 40.2. The molecule has 5 heterocycles. The Balaban J connectivity index is 1.47. The molecule has 0 saturated carbocycles. The van der Waals surface area contributed by atoms with E-state index in [-0.39, 0.29) is 11.4 Å². The number of carbonyl (C=O) groups is 1. The smallest absolute Gasteiger partial charge is 0.338 e. The Morgan fingerprint density at radius 2 is 1.12 bits per heavy atom. The van der Waals surface area contributed by atoms with Crippen LogP contribution >= 0.6 is 0 Å². The third-order valence-electron chi connectivity index (χ3n) is 11.6. The summed E-state index contributed by atoms with van der Waals surface area (Å²) in [5, 5.41) is 0. The lowest BCUT2D eigenvalue weighted by atomic mass is 9.82. The Hall–Kier alpha value is -6.79. The first-order valence-corrected chi connectivity index (χ1v) is 20.4. The predicted octanol–water partition coefficient (Wildman–Crippen LogP) is 13.1.